The van der Waals surface area contributed by atoms with Gasteiger partial charge >= 0.3 is 5.97 Å². The maximum Gasteiger partial charge on any atom is 0.310 e. The van der Waals surface area contributed by atoms with Gasteiger partial charge in [-0.05, 0) is 44.4 Å². The van der Waals surface area contributed by atoms with Crippen molar-refractivity contribution in [2.24, 2.45) is 5.41 Å². The van der Waals surface area contributed by atoms with Gasteiger partial charge in [0.25, 0.3) is 0 Å². The van der Waals surface area contributed by atoms with E-state index in [1.807, 2.05) is 12.1 Å². The smallest absolute Gasteiger partial charge is 0.310 e. The zero-order chi connectivity index (χ0) is 16.4. The van der Waals surface area contributed by atoms with Crippen molar-refractivity contribution in [1.29, 1.82) is 0 Å². The highest BCUT2D eigenvalue weighted by Crippen LogP contribution is 2.41. The van der Waals surface area contributed by atoms with E-state index in [0.29, 0.717) is 5.02 Å². The van der Waals surface area contributed by atoms with Crippen LogP contribution in [0, 0.1) is 5.41 Å². The zero-order valence-corrected chi connectivity index (χ0v) is 13.7. The molecule has 0 aliphatic heterocycles. The van der Waals surface area contributed by atoms with Crippen LogP contribution in [0.2, 0.25) is 5.02 Å². The molecule has 1 saturated carbocycles. The lowest BCUT2D eigenvalue weighted by molar-refractivity contribution is -0.147. The molecule has 4 nitrogen and oxygen atoms in total. The Morgan fingerprint density at radius 2 is 1.77 bits per heavy atom. The molecule has 5 heteroatoms. The van der Waals surface area contributed by atoms with Crippen LogP contribution in [0.1, 0.15) is 45.1 Å². The zero-order valence-electron chi connectivity index (χ0n) is 13.0. The average Bonchev–Trinajstić information content (AvgIpc) is 2.96. The lowest BCUT2D eigenvalue weighted by Crippen LogP contribution is -2.47. The monoisotopic (exact) mass is 323 g/mol. The van der Waals surface area contributed by atoms with Gasteiger partial charge in [-0.2, -0.15) is 0 Å². The molecule has 0 heterocycles. The van der Waals surface area contributed by atoms with Crippen molar-refractivity contribution in [3.05, 3.63) is 34.9 Å². The Labute approximate surface area is 135 Å². The summed E-state index contributed by atoms with van der Waals surface area (Å²) >= 11 is 5.93. The highest BCUT2D eigenvalue weighted by Gasteiger charge is 2.43. The molecule has 1 aromatic carbocycles. The molecule has 1 amide bonds. The molecule has 0 atom stereocenters. The number of hydrogen-bond acceptors (Lipinski definition) is 2. The quantitative estimate of drug-likeness (QED) is 0.873. The Hall–Kier alpha value is -1.55. The number of hydrogen-bond donors (Lipinski definition) is 2. The van der Waals surface area contributed by atoms with E-state index in [2.05, 4.69) is 5.32 Å². The number of carboxylic acids is 1. The number of nitrogens with one attached hydrogen (secondary N) is 1. The van der Waals surface area contributed by atoms with Gasteiger partial charge in [-0.3, -0.25) is 9.59 Å². The first-order chi connectivity index (χ1) is 10.3. The first-order valence-corrected chi connectivity index (χ1v) is 7.93. The van der Waals surface area contributed by atoms with Gasteiger partial charge < -0.3 is 10.4 Å². The summed E-state index contributed by atoms with van der Waals surface area (Å²) in [5.41, 5.74) is -0.575. The van der Waals surface area contributed by atoms with Crippen molar-refractivity contribution in [2.45, 2.75) is 44.9 Å². The second kappa shape index (κ2) is 6.29. The molecule has 2 N–H and O–H groups in total. The fourth-order valence-electron chi connectivity index (χ4n) is 2.94. The molecule has 120 valence electrons. The summed E-state index contributed by atoms with van der Waals surface area (Å²) < 4.78 is 0. The number of carbonyl (C=O) groups excluding carboxylic acids is 1. The molecule has 0 radical (unpaired) electrons. The second-order valence-electron chi connectivity index (χ2n) is 6.67. The van der Waals surface area contributed by atoms with Crippen LogP contribution in [0.3, 0.4) is 0 Å². The van der Waals surface area contributed by atoms with E-state index in [0.717, 1.165) is 31.2 Å². The SMILES string of the molecule is CC(C)(CNC(=O)C1(c2ccc(Cl)cc2)CCCC1)C(=O)O. The summed E-state index contributed by atoms with van der Waals surface area (Å²) in [4.78, 5) is 24.0. The summed E-state index contributed by atoms with van der Waals surface area (Å²) in [6.07, 6.45) is 3.57. The number of carbonyl (C=O) groups is 2. The van der Waals surface area contributed by atoms with Crippen LogP contribution in [0.25, 0.3) is 0 Å². The molecule has 1 aliphatic carbocycles. The number of amides is 1. The minimum Gasteiger partial charge on any atom is -0.481 e. The first kappa shape index (κ1) is 16.8. The summed E-state index contributed by atoms with van der Waals surface area (Å²) in [7, 11) is 0. The number of aliphatic carboxylic acids is 1. The molecule has 0 aromatic heterocycles. The molecule has 2 rings (SSSR count). The number of carboxylic acid groups (broad SMARTS) is 1. The van der Waals surface area contributed by atoms with E-state index >= 15 is 0 Å². The molecule has 22 heavy (non-hydrogen) atoms. The molecular weight excluding hydrogens is 302 g/mol. The van der Waals surface area contributed by atoms with Gasteiger partial charge in [-0.25, -0.2) is 0 Å². The van der Waals surface area contributed by atoms with Gasteiger partial charge in [0, 0.05) is 11.6 Å². The van der Waals surface area contributed by atoms with Crippen LogP contribution in [0.5, 0.6) is 0 Å². The van der Waals surface area contributed by atoms with Crippen molar-refractivity contribution < 1.29 is 14.7 Å². The fourth-order valence-corrected chi connectivity index (χ4v) is 3.07. The van der Waals surface area contributed by atoms with Crippen LogP contribution in [-0.4, -0.2) is 23.5 Å². The molecule has 0 spiro atoms. The van der Waals surface area contributed by atoms with Crippen molar-refractivity contribution in [1.82, 2.24) is 5.32 Å². The van der Waals surface area contributed by atoms with E-state index < -0.39 is 16.8 Å². The van der Waals surface area contributed by atoms with Crippen molar-refractivity contribution >= 4 is 23.5 Å². The van der Waals surface area contributed by atoms with Crippen LogP contribution < -0.4 is 5.32 Å². The van der Waals surface area contributed by atoms with E-state index in [1.165, 1.54) is 0 Å². The Morgan fingerprint density at radius 1 is 1.23 bits per heavy atom. The van der Waals surface area contributed by atoms with Crippen LogP contribution >= 0.6 is 11.6 Å². The third kappa shape index (κ3) is 3.27. The van der Waals surface area contributed by atoms with Gasteiger partial charge in [0.05, 0.1) is 10.8 Å². The third-order valence-corrected chi connectivity index (χ3v) is 4.81. The van der Waals surface area contributed by atoms with Gasteiger partial charge in [-0.15, -0.1) is 0 Å². The maximum absolute atomic E-state index is 12.8. The van der Waals surface area contributed by atoms with Gasteiger partial charge in [0.15, 0.2) is 0 Å². The van der Waals surface area contributed by atoms with Crippen molar-refractivity contribution in [3.8, 4) is 0 Å². The molecular formula is C17H22ClNO3. The van der Waals surface area contributed by atoms with Gasteiger partial charge in [-0.1, -0.05) is 36.6 Å². The lowest BCUT2D eigenvalue weighted by Gasteiger charge is -2.30. The van der Waals surface area contributed by atoms with Gasteiger partial charge in [0.1, 0.15) is 0 Å². The van der Waals surface area contributed by atoms with E-state index in [9.17, 15) is 9.59 Å². The lowest BCUT2D eigenvalue weighted by atomic mass is 9.77. The third-order valence-electron chi connectivity index (χ3n) is 4.56. The fraction of sp³-hybridized carbons (Fsp3) is 0.529. The molecule has 1 aromatic rings. The molecule has 0 unspecified atom stereocenters. The Kier molecular flexibility index (Phi) is 4.81. The predicted octanol–water partition coefficient (Wildman–Crippen LogP) is 3.38. The summed E-state index contributed by atoms with van der Waals surface area (Å²) in [5, 5.41) is 12.7. The average molecular weight is 324 g/mol. The minimum atomic E-state index is -0.977. The Morgan fingerprint density at radius 3 is 2.27 bits per heavy atom. The number of rotatable bonds is 5. The van der Waals surface area contributed by atoms with Crippen LogP contribution in [-0.2, 0) is 15.0 Å². The van der Waals surface area contributed by atoms with Crippen LogP contribution in [0.15, 0.2) is 24.3 Å². The van der Waals surface area contributed by atoms with Gasteiger partial charge in [0.2, 0.25) is 5.91 Å². The molecule has 0 bridgehead atoms. The minimum absolute atomic E-state index is 0.0818. The van der Waals surface area contributed by atoms with Crippen molar-refractivity contribution in [2.75, 3.05) is 6.54 Å². The molecule has 1 aliphatic rings. The normalized spacial score (nSPS) is 17.2. The topological polar surface area (TPSA) is 66.4 Å². The summed E-state index contributed by atoms with van der Waals surface area (Å²) in [5.74, 6) is -0.999. The molecule has 0 saturated heterocycles. The summed E-state index contributed by atoms with van der Waals surface area (Å²) in [6, 6.07) is 7.39. The standard InChI is InChI=1S/C17H22ClNO3/c1-16(2,15(21)22)11-19-14(20)17(9-3-4-10-17)12-5-7-13(18)8-6-12/h5-8H,3-4,9-11H2,1-2H3,(H,19,20)(H,21,22). The number of benzene rings is 1. The number of halogens is 1. The second-order valence-corrected chi connectivity index (χ2v) is 7.10. The predicted molar refractivity (Wildman–Crippen MR) is 86.0 cm³/mol. The summed E-state index contributed by atoms with van der Waals surface area (Å²) in [6.45, 7) is 3.34. The Bertz CT molecular complexity index is 560. The van der Waals surface area contributed by atoms with Crippen LogP contribution in [0.4, 0.5) is 0 Å². The van der Waals surface area contributed by atoms with E-state index in [1.54, 1.807) is 26.0 Å². The highest BCUT2D eigenvalue weighted by atomic mass is 35.5. The van der Waals surface area contributed by atoms with Crippen molar-refractivity contribution in [3.63, 3.8) is 0 Å². The van der Waals surface area contributed by atoms with E-state index in [4.69, 9.17) is 16.7 Å². The largest absolute Gasteiger partial charge is 0.481 e. The first-order valence-electron chi connectivity index (χ1n) is 7.56. The Balaban J connectivity index is 2.19. The highest BCUT2D eigenvalue weighted by molar-refractivity contribution is 6.30. The maximum atomic E-state index is 12.8. The molecule has 1 fully saturated rings. The van der Waals surface area contributed by atoms with E-state index in [-0.39, 0.29) is 12.5 Å².